The number of carbonyl (C=O) groups is 1. The highest BCUT2D eigenvalue weighted by molar-refractivity contribution is 8.00. The second kappa shape index (κ2) is 5.29. The van der Waals surface area contributed by atoms with Gasteiger partial charge in [-0.1, -0.05) is 0 Å². The van der Waals surface area contributed by atoms with Crippen LogP contribution in [-0.4, -0.2) is 39.9 Å². The summed E-state index contributed by atoms with van der Waals surface area (Å²) in [7, 11) is 0. The molecule has 18 heavy (non-hydrogen) atoms. The number of amides is 1. The fourth-order valence-corrected chi connectivity index (χ4v) is 3.48. The van der Waals surface area contributed by atoms with Crippen molar-refractivity contribution in [3.63, 3.8) is 0 Å². The number of thioether (sulfide) groups is 1. The lowest BCUT2D eigenvalue weighted by Gasteiger charge is -2.35. The molecule has 96 valence electrons. The van der Waals surface area contributed by atoms with Crippen molar-refractivity contribution in [3.05, 3.63) is 16.1 Å². The summed E-state index contributed by atoms with van der Waals surface area (Å²) in [5.74, 6) is 0.0493. The number of nitrogens with zero attached hydrogens (tertiary/aromatic N) is 3. The van der Waals surface area contributed by atoms with Gasteiger partial charge in [0.1, 0.15) is 9.62 Å². The lowest BCUT2D eigenvalue weighted by atomic mass is 9.97. The third kappa shape index (κ3) is 2.52. The maximum atomic E-state index is 12.2. The van der Waals surface area contributed by atoms with Crippen molar-refractivity contribution in [2.45, 2.75) is 24.5 Å². The molecular formula is C12H15N3OS2. The van der Waals surface area contributed by atoms with Gasteiger partial charge in [-0.3, -0.25) is 4.79 Å². The summed E-state index contributed by atoms with van der Waals surface area (Å²) in [6.45, 7) is 3.21. The lowest BCUT2D eigenvalue weighted by Crippen LogP contribution is -2.44. The Kier molecular flexibility index (Phi) is 3.93. The van der Waals surface area contributed by atoms with Crippen LogP contribution in [0.2, 0.25) is 0 Å². The molecule has 0 saturated carbocycles. The molecule has 0 spiro atoms. The first-order valence-corrected chi connectivity index (χ1v) is 7.82. The van der Waals surface area contributed by atoms with Crippen LogP contribution in [-0.2, 0) is 0 Å². The van der Waals surface area contributed by atoms with Crippen molar-refractivity contribution in [1.29, 1.82) is 5.26 Å². The Bertz CT molecular complexity index is 484. The van der Waals surface area contributed by atoms with E-state index in [9.17, 15) is 10.1 Å². The Hall–Kier alpha value is -1.06. The number of carbonyl (C=O) groups excluding carboxylic acids is 1. The monoisotopic (exact) mass is 281 g/mol. The maximum Gasteiger partial charge on any atom is 0.265 e. The molecule has 0 radical (unpaired) electrons. The topological polar surface area (TPSA) is 57.0 Å². The van der Waals surface area contributed by atoms with Crippen molar-refractivity contribution in [2.24, 2.45) is 0 Å². The smallest absolute Gasteiger partial charge is 0.265 e. The predicted molar refractivity (Wildman–Crippen MR) is 73.8 cm³/mol. The second-order valence-corrected chi connectivity index (χ2v) is 6.77. The Labute approximate surface area is 115 Å². The van der Waals surface area contributed by atoms with Crippen LogP contribution in [0.1, 0.15) is 27.5 Å². The van der Waals surface area contributed by atoms with E-state index in [0.717, 1.165) is 17.8 Å². The van der Waals surface area contributed by atoms with Crippen molar-refractivity contribution in [2.75, 3.05) is 19.3 Å². The van der Waals surface area contributed by atoms with Gasteiger partial charge in [0, 0.05) is 13.1 Å². The molecule has 2 rings (SSSR count). The van der Waals surface area contributed by atoms with Gasteiger partial charge in [0.15, 0.2) is 0 Å². The minimum atomic E-state index is -0.305. The summed E-state index contributed by atoms with van der Waals surface area (Å²) in [5.41, 5.74) is 0. The van der Waals surface area contributed by atoms with Crippen LogP contribution in [0.4, 0.5) is 0 Å². The minimum Gasteiger partial charge on any atom is -0.338 e. The fourth-order valence-electron chi connectivity index (χ4n) is 2.05. The third-order valence-corrected chi connectivity index (χ3v) is 5.47. The van der Waals surface area contributed by atoms with Crippen LogP contribution in [0.5, 0.6) is 0 Å². The first-order chi connectivity index (χ1) is 8.60. The lowest BCUT2D eigenvalue weighted by molar-refractivity contribution is 0.0721. The number of piperidine rings is 1. The fraction of sp³-hybridized carbons (Fsp3) is 0.583. The molecule has 1 fully saturated rings. The van der Waals surface area contributed by atoms with E-state index in [1.165, 1.54) is 11.3 Å². The molecule has 1 amide bonds. The number of likely N-dealkylation sites (tertiary alicyclic amines) is 1. The molecule has 1 aliphatic heterocycles. The summed E-state index contributed by atoms with van der Waals surface area (Å²) in [4.78, 5) is 18.8. The zero-order valence-electron chi connectivity index (χ0n) is 10.5. The molecule has 0 aromatic carbocycles. The molecule has 0 N–H and O–H groups in total. The van der Waals surface area contributed by atoms with Gasteiger partial charge in [0.2, 0.25) is 0 Å². The van der Waals surface area contributed by atoms with Gasteiger partial charge >= 0.3 is 0 Å². The summed E-state index contributed by atoms with van der Waals surface area (Å²) >= 11 is 3.03. The van der Waals surface area contributed by atoms with Gasteiger partial charge in [0.25, 0.3) is 5.91 Å². The third-order valence-electron chi connectivity index (χ3n) is 3.28. The van der Waals surface area contributed by atoms with Crippen LogP contribution in [0, 0.1) is 18.3 Å². The SMILES string of the molecule is CSC1(C#N)CCN(C(=O)c2cnc(C)s2)CC1. The zero-order valence-corrected chi connectivity index (χ0v) is 12.1. The van der Waals surface area contributed by atoms with Crippen molar-refractivity contribution in [3.8, 4) is 6.07 Å². The van der Waals surface area contributed by atoms with Gasteiger partial charge < -0.3 is 4.90 Å². The van der Waals surface area contributed by atoms with Gasteiger partial charge in [-0.15, -0.1) is 23.1 Å². The van der Waals surface area contributed by atoms with Crippen LogP contribution in [0.15, 0.2) is 6.20 Å². The first-order valence-electron chi connectivity index (χ1n) is 5.78. The van der Waals surface area contributed by atoms with Crippen LogP contribution >= 0.6 is 23.1 Å². The van der Waals surface area contributed by atoms with E-state index in [2.05, 4.69) is 11.1 Å². The average Bonchev–Trinajstić information content (AvgIpc) is 2.85. The van der Waals surface area contributed by atoms with Crippen molar-refractivity contribution < 1.29 is 4.79 Å². The molecule has 0 bridgehead atoms. The highest BCUT2D eigenvalue weighted by Gasteiger charge is 2.35. The number of aryl methyl sites for hydroxylation is 1. The van der Waals surface area contributed by atoms with Gasteiger partial charge in [0.05, 0.1) is 17.3 Å². The van der Waals surface area contributed by atoms with Crippen LogP contribution in [0.25, 0.3) is 0 Å². The van der Waals surface area contributed by atoms with E-state index in [1.54, 1.807) is 18.0 Å². The van der Waals surface area contributed by atoms with E-state index >= 15 is 0 Å². The summed E-state index contributed by atoms with van der Waals surface area (Å²) in [6.07, 6.45) is 5.10. The predicted octanol–water partition coefficient (Wildman–Crippen LogP) is 2.31. The van der Waals surface area contributed by atoms with E-state index in [1.807, 2.05) is 18.1 Å². The van der Waals surface area contributed by atoms with Crippen LogP contribution < -0.4 is 0 Å². The molecule has 1 aliphatic rings. The maximum absolute atomic E-state index is 12.2. The average molecular weight is 281 g/mol. The second-order valence-electron chi connectivity index (χ2n) is 4.35. The van der Waals surface area contributed by atoms with Gasteiger partial charge in [-0.25, -0.2) is 4.98 Å². The van der Waals surface area contributed by atoms with E-state index in [4.69, 9.17) is 0 Å². The zero-order chi connectivity index (χ0) is 13.2. The Morgan fingerprint density at radius 3 is 2.72 bits per heavy atom. The molecule has 0 unspecified atom stereocenters. The molecule has 1 saturated heterocycles. The van der Waals surface area contributed by atoms with Crippen LogP contribution in [0.3, 0.4) is 0 Å². The summed E-state index contributed by atoms with van der Waals surface area (Å²) < 4.78 is -0.305. The largest absolute Gasteiger partial charge is 0.338 e. The van der Waals surface area contributed by atoms with Gasteiger partial charge in [-0.05, 0) is 26.0 Å². The number of nitriles is 1. The van der Waals surface area contributed by atoms with Gasteiger partial charge in [-0.2, -0.15) is 5.26 Å². The summed E-state index contributed by atoms with van der Waals surface area (Å²) in [5, 5.41) is 10.1. The number of hydrogen-bond acceptors (Lipinski definition) is 5. The molecule has 6 heteroatoms. The Morgan fingerprint density at radius 2 is 2.28 bits per heavy atom. The highest BCUT2D eigenvalue weighted by atomic mass is 32.2. The van der Waals surface area contributed by atoms with E-state index < -0.39 is 0 Å². The molecule has 4 nitrogen and oxygen atoms in total. The summed E-state index contributed by atoms with van der Waals surface area (Å²) in [6, 6.07) is 2.39. The minimum absolute atomic E-state index is 0.0493. The highest BCUT2D eigenvalue weighted by Crippen LogP contribution is 2.34. The molecule has 1 aromatic rings. The molecule has 1 aromatic heterocycles. The van der Waals surface area contributed by atoms with E-state index in [0.29, 0.717) is 18.0 Å². The molecule has 2 heterocycles. The molecule has 0 atom stereocenters. The van der Waals surface area contributed by atoms with Crippen molar-refractivity contribution in [1.82, 2.24) is 9.88 Å². The molecule has 0 aliphatic carbocycles. The quantitative estimate of drug-likeness (QED) is 0.834. The normalized spacial score (nSPS) is 18.4. The number of hydrogen-bond donors (Lipinski definition) is 0. The number of thiazole rings is 1. The molecular weight excluding hydrogens is 266 g/mol. The Balaban J connectivity index is 2.02. The van der Waals surface area contributed by atoms with E-state index in [-0.39, 0.29) is 10.7 Å². The number of aromatic nitrogens is 1. The Morgan fingerprint density at radius 1 is 1.61 bits per heavy atom. The standard InChI is InChI=1S/C12H15N3OS2/c1-9-14-7-10(18-9)11(16)15-5-3-12(8-13,17-2)4-6-15/h7H,3-6H2,1-2H3. The van der Waals surface area contributed by atoms with Crippen molar-refractivity contribution >= 4 is 29.0 Å². The number of rotatable bonds is 2. The first kappa shape index (κ1) is 13.4.